The number of carbonyl (C=O) groups excluding carboxylic acids is 2. The van der Waals surface area contributed by atoms with Gasteiger partial charge in [0.05, 0.1) is 11.4 Å². The molecule has 0 aliphatic rings. The maximum atomic E-state index is 13.7. The Hall–Kier alpha value is -4.36. The SMILES string of the molecule is Cc1cc(Cl)ccc1OCn1ccc(C(=O)Nc2c(C(N)=O)sc3nc(C(F)F)cc(-c4cn(C)nc4C)c23)n1. The van der Waals surface area contributed by atoms with Gasteiger partial charge in [-0.2, -0.15) is 10.2 Å². The van der Waals surface area contributed by atoms with Crippen molar-refractivity contribution in [2.24, 2.45) is 12.8 Å². The molecule has 3 N–H and O–H groups in total. The topological polar surface area (TPSA) is 130 Å². The van der Waals surface area contributed by atoms with Crippen LogP contribution in [0, 0.1) is 13.8 Å². The van der Waals surface area contributed by atoms with E-state index >= 15 is 0 Å². The maximum absolute atomic E-state index is 13.7. The molecular formula is C26H22ClF2N7O3S. The van der Waals surface area contributed by atoms with Gasteiger partial charge < -0.3 is 15.8 Å². The summed E-state index contributed by atoms with van der Waals surface area (Å²) in [6, 6.07) is 7.91. The first-order chi connectivity index (χ1) is 19.0. The highest BCUT2D eigenvalue weighted by Gasteiger charge is 2.26. The van der Waals surface area contributed by atoms with Crippen molar-refractivity contribution >= 4 is 50.7 Å². The number of pyridine rings is 1. The number of fused-ring (bicyclic) bond motifs is 1. The fourth-order valence-electron chi connectivity index (χ4n) is 4.24. The Labute approximate surface area is 235 Å². The van der Waals surface area contributed by atoms with Crippen LogP contribution in [0.15, 0.2) is 42.7 Å². The molecule has 14 heteroatoms. The molecule has 0 saturated carbocycles. The number of alkyl halides is 2. The quantitative estimate of drug-likeness (QED) is 0.248. The molecule has 0 aliphatic heterocycles. The van der Waals surface area contributed by atoms with Crippen LogP contribution in [0.5, 0.6) is 5.75 Å². The number of carbonyl (C=O) groups is 2. The maximum Gasteiger partial charge on any atom is 0.280 e. The van der Waals surface area contributed by atoms with Gasteiger partial charge in [-0.1, -0.05) is 11.6 Å². The van der Waals surface area contributed by atoms with Crippen molar-refractivity contribution in [3.63, 3.8) is 0 Å². The van der Waals surface area contributed by atoms with E-state index in [9.17, 15) is 18.4 Å². The molecule has 5 rings (SSSR count). The zero-order valence-corrected chi connectivity index (χ0v) is 23.0. The largest absolute Gasteiger partial charge is 0.471 e. The predicted octanol–water partition coefficient (Wildman–Crippen LogP) is 5.49. The average molecular weight is 586 g/mol. The molecule has 4 aromatic heterocycles. The molecule has 4 heterocycles. The number of primary amides is 1. The number of nitrogens with two attached hydrogens (primary N) is 1. The van der Waals surface area contributed by atoms with Crippen LogP contribution in [0.25, 0.3) is 21.3 Å². The van der Waals surface area contributed by atoms with Crippen LogP contribution in [0.2, 0.25) is 5.02 Å². The highest BCUT2D eigenvalue weighted by Crippen LogP contribution is 2.43. The van der Waals surface area contributed by atoms with Crippen molar-refractivity contribution in [1.29, 1.82) is 0 Å². The van der Waals surface area contributed by atoms with Crippen LogP contribution in [-0.4, -0.2) is 36.4 Å². The molecule has 5 aromatic rings. The summed E-state index contributed by atoms with van der Waals surface area (Å²) in [4.78, 5) is 29.8. The number of nitrogens with zero attached hydrogens (tertiary/aromatic N) is 5. The molecule has 0 bridgehead atoms. The van der Waals surface area contributed by atoms with Crippen LogP contribution in [0.1, 0.15) is 43.5 Å². The number of anilines is 1. The number of hydrogen-bond donors (Lipinski definition) is 2. The number of halogens is 3. The van der Waals surface area contributed by atoms with Gasteiger partial charge in [0.1, 0.15) is 21.2 Å². The van der Waals surface area contributed by atoms with Gasteiger partial charge >= 0.3 is 0 Å². The van der Waals surface area contributed by atoms with E-state index in [1.165, 1.54) is 16.8 Å². The Balaban J connectivity index is 1.50. The predicted molar refractivity (Wildman–Crippen MR) is 147 cm³/mol. The summed E-state index contributed by atoms with van der Waals surface area (Å²) < 4.78 is 36.2. The first kappa shape index (κ1) is 27.2. The number of hydrogen-bond acceptors (Lipinski definition) is 7. The van der Waals surface area contributed by atoms with E-state index in [0.717, 1.165) is 16.9 Å². The third-order valence-corrected chi connectivity index (χ3v) is 7.37. The van der Waals surface area contributed by atoms with Crippen molar-refractivity contribution in [2.45, 2.75) is 27.0 Å². The monoisotopic (exact) mass is 585 g/mol. The lowest BCUT2D eigenvalue weighted by Gasteiger charge is -2.10. The van der Waals surface area contributed by atoms with Crippen molar-refractivity contribution in [1.82, 2.24) is 24.5 Å². The number of thiophene rings is 1. The van der Waals surface area contributed by atoms with Crippen molar-refractivity contribution in [3.8, 4) is 16.9 Å². The Kier molecular flexibility index (Phi) is 7.25. The second kappa shape index (κ2) is 10.7. The second-order valence-corrected chi connectivity index (χ2v) is 10.4. The standard InChI is InChI=1S/C26H22ClF2N7O3S/c1-12-8-14(27)4-5-19(12)39-11-36-7-6-17(34-36)25(38)32-21-20-15(16-10-35(3)33-13(16)2)9-18(23(28)29)31-26(20)40-22(21)24(30)37/h4-10,23H,11H2,1-3H3,(H2,30,37)(H,32,38). The molecule has 0 fully saturated rings. The van der Waals surface area contributed by atoms with Gasteiger partial charge in [-0.3, -0.25) is 14.3 Å². The Morgan fingerprint density at radius 2 is 1.95 bits per heavy atom. The molecule has 0 radical (unpaired) electrons. The Morgan fingerprint density at radius 1 is 1.18 bits per heavy atom. The summed E-state index contributed by atoms with van der Waals surface area (Å²) in [6.45, 7) is 3.60. The lowest BCUT2D eigenvalue weighted by Crippen LogP contribution is -2.18. The number of amides is 2. The van der Waals surface area contributed by atoms with Crippen LogP contribution < -0.4 is 15.8 Å². The molecule has 0 spiro atoms. The third kappa shape index (κ3) is 5.25. The van der Waals surface area contributed by atoms with Gasteiger partial charge in [0.15, 0.2) is 12.4 Å². The zero-order chi connectivity index (χ0) is 28.7. The van der Waals surface area contributed by atoms with Gasteiger partial charge in [0, 0.05) is 35.4 Å². The van der Waals surface area contributed by atoms with E-state index in [2.05, 4.69) is 20.5 Å². The highest BCUT2D eigenvalue weighted by atomic mass is 35.5. The van der Waals surface area contributed by atoms with Gasteiger partial charge in [0.2, 0.25) is 0 Å². The molecule has 2 amide bonds. The number of benzene rings is 1. The summed E-state index contributed by atoms with van der Waals surface area (Å²) >= 11 is 6.80. The number of aryl methyl sites for hydroxylation is 3. The number of rotatable bonds is 8. The number of nitrogens with one attached hydrogen (secondary N) is 1. The molecular weight excluding hydrogens is 564 g/mol. The molecule has 0 unspecified atom stereocenters. The average Bonchev–Trinajstić information content (AvgIpc) is 3.60. The van der Waals surface area contributed by atoms with E-state index < -0.39 is 23.9 Å². The van der Waals surface area contributed by atoms with E-state index in [1.807, 2.05) is 6.92 Å². The molecule has 0 aliphatic carbocycles. The lowest BCUT2D eigenvalue weighted by molar-refractivity contribution is 0.100. The number of ether oxygens (including phenoxy) is 1. The first-order valence-electron chi connectivity index (χ1n) is 11.8. The van der Waals surface area contributed by atoms with Crippen LogP contribution in [-0.2, 0) is 13.8 Å². The van der Waals surface area contributed by atoms with Crippen LogP contribution in [0.4, 0.5) is 14.5 Å². The lowest BCUT2D eigenvalue weighted by atomic mass is 10.0. The highest BCUT2D eigenvalue weighted by molar-refractivity contribution is 7.21. The van der Waals surface area contributed by atoms with E-state index in [4.69, 9.17) is 22.1 Å². The summed E-state index contributed by atoms with van der Waals surface area (Å²) in [5.41, 5.74) is 7.51. The molecule has 10 nitrogen and oxygen atoms in total. The first-order valence-corrected chi connectivity index (χ1v) is 13.0. The van der Waals surface area contributed by atoms with E-state index in [-0.39, 0.29) is 27.8 Å². The Bertz CT molecular complexity index is 1780. The third-order valence-electron chi connectivity index (χ3n) is 6.03. The van der Waals surface area contributed by atoms with Gasteiger partial charge in [0.25, 0.3) is 18.2 Å². The van der Waals surface area contributed by atoms with Crippen LogP contribution in [0.3, 0.4) is 0 Å². The minimum Gasteiger partial charge on any atom is -0.471 e. The van der Waals surface area contributed by atoms with Crippen LogP contribution >= 0.6 is 22.9 Å². The molecule has 1 aromatic carbocycles. The van der Waals surface area contributed by atoms with Crippen molar-refractivity contribution in [2.75, 3.05) is 5.32 Å². The smallest absolute Gasteiger partial charge is 0.280 e. The number of aromatic nitrogens is 5. The second-order valence-electron chi connectivity index (χ2n) is 8.93. The van der Waals surface area contributed by atoms with E-state index in [0.29, 0.717) is 33.0 Å². The molecule has 0 saturated heterocycles. The minimum atomic E-state index is -2.86. The minimum absolute atomic E-state index is 0.0222. The van der Waals surface area contributed by atoms with E-state index in [1.54, 1.807) is 49.2 Å². The van der Waals surface area contributed by atoms with Crippen molar-refractivity contribution in [3.05, 3.63) is 75.3 Å². The summed E-state index contributed by atoms with van der Waals surface area (Å²) in [5.74, 6) is -0.880. The fourth-order valence-corrected chi connectivity index (χ4v) is 5.48. The van der Waals surface area contributed by atoms with Crippen molar-refractivity contribution < 1.29 is 23.1 Å². The fraction of sp³-hybridized carbons (Fsp3) is 0.192. The summed E-state index contributed by atoms with van der Waals surface area (Å²) in [6.07, 6.45) is 0.360. The normalized spacial score (nSPS) is 11.4. The zero-order valence-electron chi connectivity index (χ0n) is 21.4. The van der Waals surface area contributed by atoms with Gasteiger partial charge in [-0.05, 0) is 55.3 Å². The molecule has 206 valence electrons. The molecule has 0 atom stereocenters. The van der Waals surface area contributed by atoms with Gasteiger partial charge in [-0.25, -0.2) is 18.4 Å². The summed E-state index contributed by atoms with van der Waals surface area (Å²) in [5, 5.41) is 12.1. The van der Waals surface area contributed by atoms with Gasteiger partial charge in [-0.15, -0.1) is 11.3 Å². The molecule has 40 heavy (non-hydrogen) atoms. The summed E-state index contributed by atoms with van der Waals surface area (Å²) in [7, 11) is 1.70. The Morgan fingerprint density at radius 3 is 2.60 bits per heavy atom.